The van der Waals surface area contributed by atoms with E-state index in [1.165, 1.54) is 19.3 Å². The maximum absolute atomic E-state index is 9.02. The fourth-order valence-corrected chi connectivity index (χ4v) is 2.38. The van der Waals surface area contributed by atoms with Gasteiger partial charge in [0.1, 0.15) is 5.52 Å². The Labute approximate surface area is 112 Å². The van der Waals surface area contributed by atoms with Gasteiger partial charge in [-0.1, -0.05) is 12.1 Å². The second-order valence-corrected chi connectivity index (χ2v) is 4.96. The molecule has 1 aromatic carbocycles. The smallest absolute Gasteiger partial charge is 0.246 e. The minimum Gasteiger partial charge on any atom is -0.396 e. The van der Waals surface area contributed by atoms with Gasteiger partial charge in [0.25, 0.3) is 0 Å². The second kappa shape index (κ2) is 5.48. The molecule has 1 aromatic heterocycles. The van der Waals surface area contributed by atoms with E-state index in [-0.39, 0.29) is 6.61 Å². The molecule has 1 heterocycles. The highest BCUT2D eigenvalue weighted by Gasteiger charge is 2.26. The lowest BCUT2D eigenvalue weighted by molar-refractivity contribution is 0.282. The Morgan fingerprint density at radius 3 is 2.63 bits per heavy atom. The van der Waals surface area contributed by atoms with E-state index in [1.807, 2.05) is 24.3 Å². The van der Waals surface area contributed by atoms with Crippen LogP contribution in [0.15, 0.2) is 24.3 Å². The first-order valence-corrected chi connectivity index (χ1v) is 6.85. The van der Waals surface area contributed by atoms with Crippen molar-refractivity contribution in [2.45, 2.75) is 31.7 Å². The van der Waals surface area contributed by atoms with Gasteiger partial charge in [0.15, 0.2) is 0 Å². The monoisotopic (exact) mass is 258 g/mol. The number of aromatic nitrogens is 3. The van der Waals surface area contributed by atoms with Crippen LogP contribution in [0.4, 0.5) is 5.95 Å². The van der Waals surface area contributed by atoms with Gasteiger partial charge in [-0.2, -0.15) is 0 Å². The molecule has 1 aliphatic carbocycles. The van der Waals surface area contributed by atoms with Crippen molar-refractivity contribution in [1.82, 2.24) is 15.2 Å². The molecule has 0 radical (unpaired) electrons. The van der Waals surface area contributed by atoms with Crippen LogP contribution in [0.25, 0.3) is 11.0 Å². The molecule has 19 heavy (non-hydrogen) atoms. The van der Waals surface area contributed by atoms with Crippen LogP contribution >= 0.6 is 0 Å². The molecule has 0 bridgehead atoms. The normalized spacial score (nSPS) is 15.4. The van der Waals surface area contributed by atoms with Crippen molar-refractivity contribution < 1.29 is 5.11 Å². The van der Waals surface area contributed by atoms with Gasteiger partial charge < -0.3 is 10.0 Å². The van der Waals surface area contributed by atoms with Crippen molar-refractivity contribution >= 4 is 17.0 Å². The average molecular weight is 258 g/mol. The van der Waals surface area contributed by atoms with Crippen molar-refractivity contribution in [2.24, 2.45) is 0 Å². The van der Waals surface area contributed by atoms with Crippen molar-refractivity contribution in [3.05, 3.63) is 24.3 Å². The highest BCUT2D eigenvalue weighted by Crippen LogP contribution is 2.28. The largest absolute Gasteiger partial charge is 0.396 e. The van der Waals surface area contributed by atoms with E-state index in [2.05, 4.69) is 20.1 Å². The van der Waals surface area contributed by atoms with Crippen LogP contribution in [0.2, 0.25) is 0 Å². The van der Waals surface area contributed by atoms with Crippen molar-refractivity contribution in [3.63, 3.8) is 0 Å². The summed E-state index contributed by atoms with van der Waals surface area (Å²) in [5.41, 5.74) is 1.70. The zero-order valence-corrected chi connectivity index (χ0v) is 10.9. The maximum Gasteiger partial charge on any atom is 0.246 e. The van der Waals surface area contributed by atoms with E-state index < -0.39 is 0 Å². The standard InChI is InChI=1S/C14H18N4O/c19-10-4-9-18(11-5-3-6-11)14-15-12-7-1-2-8-13(12)16-17-14/h1-2,7-8,11,19H,3-6,9-10H2. The minimum absolute atomic E-state index is 0.199. The molecule has 2 aromatic rings. The van der Waals surface area contributed by atoms with Crippen molar-refractivity contribution in [1.29, 1.82) is 0 Å². The first kappa shape index (κ1) is 12.3. The number of aliphatic hydroxyl groups is 1. The van der Waals surface area contributed by atoms with Crippen LogP contribution in [0.1, 0.15) is 25.7 Å². The molecule has 5 heteroatoms. The van der Waals surface area contributed by atoms with Crippen LogP contribution in [0, 0.1) is 0 Å². The third kappa shape index (κ3) is 2.51. The third-order valence-corrected chi connectivity index (χ3v) is 3.68. The first-order chi connectivity index (χ1) is 9.38. The summed E-state index contributed by atoms with van der Waals surface area (Å²) in [6, 6.07) is 8.28. The fraction of sp³-hybridized carbons (Fsp3) is 0.500. The molecule has 0 spiro atoms. The summed E-state index contributed by atoms with van der Waals surface area (Å²) in [6.45, 7) is 0.991. The van der Waals surface area contributed by atoms with Gasteiger partial charge in [-0.3, -0.25) is 0 Å². The molecule has 1 aliphatic rings. The summed E-state index contributed by atoms with van der Waals surface area (Å²) < 4.78 is 0. The summed E-state index contributed by atoms with van der Waals surface area (Å²) in [6.07, 6.45) is 4.37. The minimum atomic E-state index is 0.199. The molecule has 100 valence electrons. The topological polar surface area (TPSA) is 62.1 Å². The molecule has 0 unspecified atom stereocenters. The molecule has 0 atom stereocenters. The molecule has 1 saturated carbocycles. The van der Waals surface area contributed by atoms with Crippen LogP contribution in [-0.4, -0.2) is 39.5 Å². The Balaban J connectivity index is 1.89. The molecular formula is C14H18N4O. The predicted octanol–water partition coefficient (Wildman–Crippen LogP) is 1.77. The van der Waals surface area contributed by atoms with Gasteiger partial charge in [-0.25, -0.2) is 4.98 Å². The zero-order valence-electron chi connectivity index (χ0n) is 10.9. The lowest BCUT2D eigenvalue weighted by Gasteiger charge is -2.37. The van der Waals surface area contributed by atoms with E-state index in [9.17, 15) is 0 Å². The Morgan fingerprint density at radius 1 is 1.16 bits per heavy atom. The second-order valence-electron chi connectivity index (χ2n) is 4.96. The lowest BCUT2D eigenvalue weighted by Crippen LogP contribution is -2.42. The van der Waals surface area contributed by atoms with E-state index >= 15 is 0 Å². The number of nitrogens with zero attached hydrogens (tertiary/aromatic N) is 4. The summed E-state index contributed by atoms with van der Waals surface area (Å²) in [4.78, 5) is 6.80. The van der Waals surface area contributed by atoms with E-state index in [0.717, 1.165) is 24.0 Å². The molecule has 5 nitrogen and oxygen atoms in total. The molecular weight excluding hydrogens is 240 g/mol. The Morgan fingerprint density at radius 2 is 1.95 bits per heavy atom. The summed E-state index contributed by atoms with van der Waals surface area (Å²) >= 11 is 0. The lowest BCUT2D eigenvalue weighted by atomic mass is 9.91. The average Bonchev–Trinajstić information content (AvgIpc) is 2.40. The number of rotatable bonds is 5. The van der Waals surface area contributed by atoms with Crippen LogP contribution in [-0.2, 0) is 0 Å². The fourth-order valence-electron chi connectivity index (χ4n) is 2.38. The number of benzene rings is 1. The summed E-state index contributed by atoms with van der Waals surface area (Å²) in [5.74, 6) is 0.692. The van der Waals surface area contributed by atoms with Crippen molar-refractivity contribution in [3.8, 4) is 0 Å². The Kier molecular flexibility index (Phi) is 3.55. The van der Waals surface area contributed by atoms with Gasteiger partial charge in [-0.05, 0) is 37.8 Å². The molecule has 0 aliphatic heterocycles. The third-order valence-electron chi connectivity index (χ3n) is 3.68. The number of fused-ring (bicyclic) bond motifs is 1. The van der Waals surface area contributed by atoms with E-state index in [1.54, 1.807) is 0 Å². The predicted molar refractivity (Wildman–Crippen MR) is 74.0 cm³/mol. The zero-order chi connectivity index (χ0) is 13.1. The number of hydrogen-bond acceptors (Lipinski definition) is 5. The SMILES string of the molecule is OCCCN(c1nnc2ccccc2n1)C1CCC1. The number of para-hydroxylation sites is 1. The van der Waals surface area contributed by atoms with E-state index in [4.69, 9.17) is 5.11 Å². The molecule has 1 fully saturated rings. The van der Waals surface area contributed by atoms with Crippen LogP contribution in [0.5, 0.6) is 0 Å². The summed E-state index contributed by atoms with van der Waals surface area (Å²) in [5, 5.41) is 17.5. The number of hydrogen-bond donors (Lipinski definition) is 1. The molecule has 0 amide bonds. The number of aliphatic hydroxyl groups excluding tert-OH is 1. The van der Waals surface area contributed by atoms with Gasteiger partial charge in [0.2, 0.25) is 5.95 Å². The van der Waals surface area contributed by atoms with E-state index in [0.29, 0.717) is 12.0 Å². The van der Waals surface area contributed by atoms with Gasteiger partial charge in [0, 0.05) is 19.2 Å². The summed E-state index contributed by atoms with van der Waals surface area (Å²) in [7, 11) is 0. The van der Waals surface area contributed by atoms with Gasteiger partial charge >= 0.3 is 0 Å². The van der Waals surface area contributed by atoms with Gasteiger partial charge in [0.05, 0.1) is 5.52 Å². The highest BCUT2D eigenvalue weighted by molar-refractivity contribution is 5.74. The maximum atomic E-state index is 9.02. The highest BCUT2D eigenvalue weighted by atomic mass is 16.3. The van der Waals surface area contributed by atoms with Crippen LogP contribution < -0.4 is 4.90 Å². The quantitative estimate of drug-likeness (QED) is 0.885. The van der Waals surface area contributed by atoms with Crippen LogP contribution in [0.3, 0.4) is 0 Å². The number of anilines is 1. The Hall–Kier alpha value is -1.75. The molecule has 1 N–H and O–H groups in total. The Bertz CT molecular complexity index is 556. The molecule has 0 saturated heterocycles. The first-order valence-electron chi connectivity index (χ1n) is 6.85. The van der Waals surface area contributed by atoms with Crippen molar-refractivity contribution in [2.75, 3.05) is 18.1 Å². The van der Waals surface area contributed by atoms with Gasteiger partial charge in [-0.15, -0.1) is 10.2 Å². The molecule has 3 rings (SSSR count).